The van der Waals surface area contributed by atoms with Gasteiger partial charge in [0.25, 0.3) is 5.91 Å². The van der Waals surface area contributed by atoms with Crippen LogP contribution in [0.1, 0.15) is 16.1 Å². The van der Waals surface area contributed by atoms with Gasteiger partial charge >= 0.3 is 0 Å². The highest BCUT2D eigenvalue weighted by molar-refractivity contribution is 5.97. The summed E-state index contributed by atoms with van der Waals surface area (Å²) in [5.74, 6) is -0.536. The van der Waals surface area contributed by atoms with Gasteiger partial charge in [-0.3, -0.25) is 9.69 Å². The van der Waals surface area contributed by atoms with Gasteiger partial charge in [-0.1, -0.05) is 18.2 Å². The molecule has 104 valence electrons. The first-order chi connectivity index (χ1) is 9.75. The molecule has 0 radical (unpaired) electrons. The van der Waals surface area contributed by atoms with Crippen molar-refractivity contribution < 1.29 is 9.53 Å². The summed E-state index contributed by atoms with van der Waals surface area (Å²) in [5.41, 5.74) is 7.32. The van der Waals surface area contributed by atoms with Crippen molar-refractivity contribution in [3.8, 4) is 0 Å². The van der Waals surface area contributed by atoms with Crippen LogP contribution in [0.5, 0.6) is 0 Å². The molecule has 2 heterocycles. The molecule has 2 N–H and O–H groups in total. The zero-order valence-corrected chi connectivity index (χ0v) is 11.1. The van der Waals surface area contributed by atoms with E-state index in [2.05, 4.69) is 15.1 Å². The van der Waals surface area contributed by atoms with Crippen LogP contribution in [0.4, 0.5) is 0 Å². The number of fused-ring (bicyclic) bond motifs is 1. The smallest absolute Gasteiger partial charge is 0.269 e. The van der Waals surface area contributed by atoms with Crippen molar-refractivity contribution in [1.29, 1.82) is 0 Å². The van der Waals surface area contributed by atoms with Gasteiger partial charge < -0.3 is 10.5 Å². The van der Waals surface area contributed by atoms with Crippen molar-refractivity contribution in [3.63, 3.8) is 0 Å². The molecule has 1 aliphatic heterocycles. The Morgan fingerprint density at radius 1 is 1.25 bits per heavy atom. The molecule has 0 aliphatic carbocycles. The number of carbonyl (C=O) groups is 1. The minimum absolute atomic E-state index is 0.259. The Kier molecular flexibility index (Phi) is 3.58. The van der Waals surface area contributed by atoms with E-state index >= 15 is 0 Å². The second kappa shape index (κ2) is 5.52. The third-order valence-corrected chi connectivity index (χ3v) is 3.49. The highest BCUT2D eigenvalue weighted by Gasteiger charge is 2.19. The molecule has 3 rings (SSSR count). The number of carbonyl (C=O) groups excluding carboxylic acids is 1. The predicted octanol–water partition coefficient (Wildman–Crippen LogP) is 0.561. The minimum Gasteiger partial charge on any atom is -0.379 e. The van der Waals surface area contributed by atoms with Crippen LogP contribution in [-0.2, 0) is 11.3 Å². The number of amides is 1. The van der Waals surface area contributed by atoms with Gasteiger partial charge in [-0.2, -0.15) is 0 Å². The van der Waals surface area contributed by atoms with Crippen molar-refractivity contribution in [2.45, 2.75) is 6.54 Å². The lowest BCUT2D eigenvalue weighted by Crippen LogP contribution is -2.36. The average molecular weight is 272 g/mol. The fourth-order valence-electron chi connectivity index (χ4n) is 2.45. The zero-order chi connectivity index (χ0) is 13.9. The van der Waals surface area contributed by atoms with Crippen molar-refractivity contribution in [3.05, 3.63) is 35.5 Å². The minimum atomic E-state index is -0.536. The molecule has 6 heteroatoms. The molecule has 0 unspecified atom stereocenters. The summed E-state index contributed by atoms with van der Waals surface area (Å²) in [6, 6.07) is 7.67. The second-order valence-electron chi connectivity index (χ2n) is 4.80. The summed E-state index contributed by atoms with van der Waals surface area (Å²) in [6.07, 6.45) is 0. The van der Waals surface area contributed by atoms with Crippen molar-refractivity contribution in [2.75, 3.05) is 26.3 Å². The van der Waals surface area contributed by atoms with Gasteiger partial charge in [0, 0.05) is 30.6 Å². The number of primary amides is 1. The van der Waals surface area contributed by atoms with Gasteiger partial charge in [0.05, 0.1) is 18.7 Å². The van der Waals surface area contributed by atoms with E-state index in [4.69, 9.17) is 10.5 Å². The van der Waals surface area contributed by atoms with E-state index in [9.17, 15) is 4.79 Å². The van der Waals surface area contributed by atoms with Crippen molar-refractivity contribution in [1.82, 2.24) is 15.1 Å². The van der Waals surface area contributed by atoms with E-state index in [-0.39, 0.29) is 5.69 Å². The van der Waals surface area contributed by atoms with Crippen LogP contribution in [-0.4, -0.2) is 47.3 Å². The van der Waals surface area contributed by atoms with Crippen LogP contribution in [0.2, 0.25) is 0 Å². The van der Waals surface area contributed by atoms with Crippen molar-refractivity contribution >= 4 is 16.8 Å². The standard InChI is InChI=1S/C14H16N4O2/c15-14(19)13-11(9-18-5-7-20-8-6-18)10-3-1-2-4-12(10)16-17-13/h1-4H,5-9H2,(H2,15,19). The first-order valence-electron chi connectivity index (χ1n) is 6.60. The Bertz CT molecular complexity index is 638. The van der Waals surface area contributed by atoms with Gasteiger partial charge in [-0.15, -0.1) is 10.2 Å². The fraction of sp³-hybridized carbons (Fsp3) is 0.357. The SMILES string of the molecule is NC(=O)c1nnc2ccccc2c1CN1CCOCC1. The monoisotopic (exact) mass is 272 g/mol. The Hall–Kier alpha value is -2.05. The normalized spacial score (nSPS) is 16.4. The predicted molar refractivity (Wildman–Crippen MR) is 74.2 cm³/mol. The number of morpholine rings is 1. The van der Waals surface area contributed by atoms with E-state index in [1.165, 1.54) is 0 Å². The number of nitrogens with zero attached hydrogens (tertiary/aromatic N) is 3. The molecule has 0 spiro atoms. The molecule has 1 aliphatic rings. The summed E-state index contributed by atoms with van der Waals surface area (Å²) < 4.78 is 5.34. The highest BCUT2D eigenvalue weighted by atomic mass is 16.5. The quantitative estimate of drug-likeness (QED) is 0.883. The third kappa shape index (κ3) is 2.48. The molecular weight excluding hydrogens is 256 g/mol. The van der Waals surface area contributed by atoms with E-state index in [1.54, 1.807) is 0 Å². The maximum Gasteiger partial charge on any atom is 0.269 e. The van der Waals surface area contributed by atoms with E-state index in [0.717, 1.165) is 29.6 Å². The summed E-state index contributed by atoms with van der Waals surface area (Å²) in [7, 11) is 0. The van der Waals surface area contributed by atoms with Crippen molar-refractivity contribution in [2.24, 2.45) is 5.73 Å². The van der Waals surface area contributed by atoms with Gasteiger partial charge in [-0.25, -0.2) is 0 Å². The number of ether oxygens (including phenoxy) is 1. The van der Waals surface area contributed by atoms with E-state index in [1.807, 2.05) is 24.3 Å². The fourth-order valence-corrected chi connectivity index (χ4v) is 2.45. The zero-order valence-electron chi connectivity index (χ0n) is 11.1. The molecule has 1 saturated heterocycles. The summed E-state index contributed by atoms with van der Waals surface area (Å²) in [5, 5.41) is 8.98. The van der Waals surface area contributed by atoms with Crippen LogP contribution < -0.4 is 5.73 Å². The maximum atomic E-state index is 11.6. The topological polar surface area (TPSA) is 81.3 Å². The first kappa shape index (κ1) is 13.0. The number of rotatable bonds is 3. The lowest BCUT2D eigenvalue weighted by Gasteiger charge is -2.27. The average Bonchev–Trinajstić information content (AvgIpc) is 2.48. The van der Waals surface area contributed by atoms with Gasteiger partial charge in [0.15, 0.2) is 5.69 Å². The Morgan fingerprint density at radius 2 is 2.00 bits per heavy atom. The molecule has 0 atom stereocenters. The molecule has 1 amide bonds. The Morgan fingerprint density at radius 3 is 2.75 bits per heavy atom. The number of hydrogen-bond acceptors (Lipinski definition) is 5. The molecule has 1 fully saturated rings. The second-order valence-corrected chi connectivity index (χ2v) is 4.80. The number of benzene rings is 1. The van der Waals surface area contributed by atoms with Gasteiger partial charge in [0.2, 0.25) is 0 Å². The molecule has 0 saturated carbocycles. The number of aromatic nitrogens is 2. The molecule has 0 bridgehead atoms. The highest BCUT2D eigenvalue weighted by Crippen LogP contribution is 2.20. The van der Waals surface area contributed by atoms with E-state index < -0.39 is 5.91 Å². The van der Waals surface area contributed by atoms with Crippen LogP contribution in [0, 0.1) is 0 Å². The van der Waals surface area contributed by atoms with Gasteiger partial charge in [-0.05, 0) is 6.07 Å². The van der Waals surface area contributed by atoms with Crippen LogP contribution in [0.25, 0.3) is 10.9 Å². The Balaban J connectivity index is 2.04. The number of hydrogen-bond donors (Lipinski definition) is 1. The van der Waals surface area contributed by atoms with E-state index in [0.29, 0.717) is 19.8 Å². The number of nitrogens with two attached hydrogens (primary N) is 1. The molecule has 20 heavy (non-hydrogen) atoms. The first-order valence-corrected chi connectivity index (χ1v) is 6.60. The third-order valence-electron chi connectivity index (χ3n) is 3.49. The lowest BCUT2D eigenvalue weighted by atomic mass is 10.1. The van der Waals surface area contributed by atoms with Crippen LogP contribution >= 0.6 is 0 Å². The molecule has 6 nitrogen and oxygen atoms in total. The Labute approximate surface area is 116 Å². The molecule has 1 aromatic carbocycles. The lowest BCUT2D eigenvalue weighted by molar-refractivity contribution is 0.0342. The maximum absolute atomic E-state index is 11.6. The largest absolute Gasteiger partial charge is 0.379 e. The van der Waals surface area contributed by atoms with Crippen LogP contribution in [0.15, 0.2) is 24.3 Å². The molecule has 2 aromatic rings. The summed E-state index contributed by atoms with van der Waals surface area (Å²) >= 11 is 0. The van der Waals surface area contributed by atoms with Gasteiger partial charge in [0.1, 0.15) is 0 Å². The molecule has 1 aromatic heterocycles. The summed E-state index contributed by atoms with van der Waals surface area (Å²) in [4.78, 5) is 13.8. The molecular formula is C14H16N4O2. The summed E-state index contributed by atoms with van der Waals surface area (Å²) in [6.45, 7) is 3.74. The van der Waals surface area contributed by atoms with Crippen LogP contribution in [0.3, 0.4) is 0 Å².